The van der Waals surface area contributed by atoms with E-state index in [1.54, 1.807) is 24.3 Å². The molecule has 0 aliphatic heterocycles. The summed E-state index contributed by atoms with van der Waals surface area (Å²) < 4.78 is 11.0. The van der Waals surface area contributed by atoms with Crippen LogP contribution in [0.15, 0.2) is 66.7 Å². The van der Waals surface area contributed by atoms with Gasteiger partial charge in [-0.1, -0.05) is 32.0 Å². The SMILES string of the molecule is CCN(CC)CCNC(=O)c1c(O)cc(NC(=O)Nc2ccc(Oc3ccccc3)cc2)cc1OC. The molecule has 0 saturated carbocycles. The molecule has 0 unspecified atom stereocenters. The number of amides is 3. The van der Waals surface area contributed by atoms with Gasteiger partial charge in [-0.05, 0) is 49.5 Å². The second-order valence-electron chi connectivity index (χ2n) is 7.87. The molecule has 0 fully saturated rings. The third-order valence-electron chi connectivity index (χ3n) is 5.49. The molecule has 0 atom stereocenters. The number of phenolic OH excluding ortho intramolecular Hbond substituents is 1. The van der Waals surface area contributed by atoms with E-state index < -0.39 is 11.9 Å². The van der Waals surface area contributed by atoms with Crippen molar-refractivity contribution in [2.45, 2.75) is 13.8 Å². The molecule has 4 N–H and O–H groups in total. The van der Waals surface area contributed by atoms with E-state index in [1.807, 2.05) is 30.3 Å². The fraction of sp³-hybridized carbons (Fsp3) is 0.259. The zero-order chi connectivity index (χ0) is 25.9. The Morgan fingerprint density at radius 2 is 1.53 bits per heavy atom. The summed E-state index contributed by atoms with van der Waals surface area (Å²) in [5, 5.41) is 18.6. The molecular weight excluding hydrogens is 460 g/mol. The highest BCUT2D eigenvalue weighted by molar-refractivity contribution is 6.03. The van der Waals surface area contributed by atoms with Gasteiger partial charge in [0, 0.05) is 36.6 Å². The van der Waals surface area contributed by atoms with Crippen LogP contribution in [-0.2, 0) is 0 Å². The molecule has 3 amide bonds. The highest BCUT2D eigenvalue weighted by Crippen LogP contribution is 2.32. The van der Waals surface area contributed by atoms with E-state index in [0.29, 0.717) is 30.3 Å². The van der Waals surface area contributed by atoms with Crippen LogP contribution in [0.25, 0.3) is 0 Å². The first kappa shape index (κ1) is 26.4. The Kier molecular flexibility index (Phi) is 9.53. The normalized spacial score (nSPS) is 10.6. The van der Waals surface area contributed by atoms with Gasteiger partial charge in [0.25, 0.3) is 5.91 Å². The van der Waals surface area contributed by atoms with Gasteiger partial charge >= 0.3 is 6.03 Å². The summed E-state index contributed by atoms with van der Waals surface area (Å²) >= 11 is 0. The maximum Gasteiger partial charge on any atom is 0.323 e. The second kappa shape index (κ2) is 13.0. The molecule has 3 rings (SSSR count). The maximum atomic E-state index is 12.6. The van der Waals surface area contributed by atoms with E-state index in [4.69, 9.17) is 9.47 Å². The highest BCUT2D eigenvalue weighted by atomic mass is 16.5. The van der Waals surface area contributed by atoms with Gasteiger partial charge in [0.15, 0.2) is 0 Å². The number of nitrogens with zero attached hydrogens (tertiary/aromatic N) is 1. The first-order chi connectivity index (χ1) is 17.4. The van der Waals surface area contributed by atoms with E-state index >= 15 is 0 Å². The molecule has 0 spiro atoms. The lowest BCUT2D eigenvalue weighted by atomic mass is 10.1. The number of hydrogen-bond acceptors (Lipinski definition) is 6. The van der Waals surface area contributed by atoms with Crippen LogP contribution in [0.4, 0.5) is 16.2 Å². The minimum Gasteiger partial charge on any atom is -0.507 e. The van der Waals surface area contributed by atoms with Crippen LogP contribution >= 0.6 is 0 Å². The predicted molar refractivity (Wildman–Crippen MR) is 140 cm³/mol. The molecule has 9 heteroatoms. The van der Waals surface area contributed by atoms with Crippen molar-refractivity contribution in [1.29, 1.82) is 0 Å². The van der Waals surface area contributed by atoms with Gasteiger partial charge in [-0.15, -0.1) is 0 Å². The van der Waals surface area contributed by atoms with Gasteiger partial charge in [0.05, 0.1) is 7.11 Å². The van der Waals surface area contributed by atoms with E-state index in [9.17, 15) is 14.7 Å². The van der Waals surface area contributed by atoms with Gasteiger partial charge in [0.1, 0.15) is 28.6 Å². The molecule has 0 heterocycles. The molecular formula is C27H32N4O5. The Morgan fingerprint density at radius 1 is 0.889 bits per heavy atom. The molecule has 3 aromatic carbocycles. The van der Waals surface area contributed by atoms with Crippen molar-refractivity contribution in [3.63, 3.8) is 0 Å². The molecule has 0 aliphatic carbocycles. The van der Waals surface area contributed by atoms with Crippen molar-refractivity contribution < 1.29 is 24.2 Å². The number of aromatic hydroxyl groups is 1. The van der Waals surface area contributed by atoms with E-state index in [0.717, 1.165) is 13.1 Å². The molecule has 3 aromatic rings. The number of urea groups is 1. The van der Waals surface area contributed by atoms with Crippen molar-refractivity contribution in [3.05, 3.63) is 72.3 Å². The molecule has 36 heavy (non-hydrogen) atoms. The van der Waals surface area contributed by atoms with Crippen molar-refractivity contribution in [2.75, 3.05) is 43.9 Å². The first-order valence-electron chi connectivity index (χ1n) is 11.8. The van der Waals surface area contributed by atoms with Crippen molar-refractivity contribution in [3.8, 4) is 23.0 Å². The van der Waals surface area contributed by atoms with Crippen molar-refractivity contribution >= 4 is 23.3 Å². The second-order valence-corrected chi connectivity index (χ2v) is 7.87. The summed E-state index contributed by atoms with van der Waals surface area (Å²) in [7, 11) is 1.39. The summed E-state index contributed by atoms with van der Waals surface area (Å²) in [6, 6.07) is 18.5. The summed E-state index contributed by atoms with van der Waals surface area (Å²) in [4.78, 5) is 27.3. The molecule has 0 bridgehead atoms. The van der Waals surface area contributed by atoms with Crippen LogP contribution < -0.4 is 25.4 Å². The number of hydrogen-bond donors (Lipinski definition) is 4. The van der Waals surface area contributed by atoms with Crippen LogP contribution in [-0.4, -0.2) is 55.2 Å². The lowest BCUT2D eigenvalue weighted by molar-refractivity contribution is 0.0943. The van der Waals surface area contributed by atoms with Gasteiger partial charge in [0.2, 0.25) is 0 Å². The number of phenols is 1. The Morgan fingerprint density at radius 3 is 2.17 bits per heavy atom. The third kappa shape index (κ3) is 7.38. The van der Waals surface area contributed by atoms with E-state index in [2.05, 4.69) is 34.7 Å². The van der Waals surface area contributed by atoms with Crippen LogP contribution in [0.3, 0.4) is 0 Å². The quantitative estimate of drug-likeness (QED) is 0.303. The smallest absolute Gasteiger partial charge is 0.323 e. The molecule has 9 nitrogen and oxygen atoms in total. The van der Waals surface area contributed by atoms with Crippen molar-refractivity contribution in [2.24, 2.45) is 0 Å². The van der Waals surface area contributed by atoms with Crippen LogP contribution in [0.5, 0.6) is 23.0 Å². The number of carbonyl (C=O) groups is 2. The summed E-state index contributed by atoms with van der Waals surface area (Å²) in [6.07, 6.45) is 0. The number of nitrogens with one attached hydrogen (secondary N) is 3. The molecule has 0 saturated heterocycles. The number of rotatable bonds is 11. The standard InChI is InChI=1S/C27H32N4O5/c1-4-31(5-2)16-15-28-26(33)25-23(32)17-20(18-24(25)35-3)30-27(34)29-19-11-13-22(14-12-19)36-21-9-7-6-8-10-21/h6-14,17-18,32H,4-5,15-16H2,1-3H3,(H,28,33)(H2,29,30,34). The fourth-order valence-electron chi connectivity index (χ4n) is 3.54. The fourth-order valence-corrected chi connectivity index (χ4v) is 3.54. The lowest BCUT2D eigenvalue weighted by Crippen LogP contribution is -2.35. The number of methoxy groups -OCH3 is 1. The summed E-state index contributed by atoms with van der Waals surface area (Å²) in [5.41, 5.74) is 0.830. The van der Waals surface area contributed by atoms with E-state index in [1.165, 1.54) is 19.2 Å². The largest absolute Gasteiger partial charge is 0.507 e. The van der Waals surface area contributed by atoms with Gasteiger partial charge < -0.3 is 35.4 Å². The Labute approximate surface area is 211 Å². The minimum atomic E-state index is -0.524. The number of ether oxygens (including phenoxy) is 2. The first-order valence-corrected chi connectivity index (χ1v) is 11.8. The topological polar surface area (TPSA) is 112 Å². The third-order valence-corrected chi connectivity index (χ3v) is 5.49. The Bertz CT molecular complexity index is 1150. The zero-order valence-electron chi connectivity index (χ0n) is 20.7. The van der Waals surface area contributed by atoms with E-state index in [-0.39, 0.29) is 22.7 Å². The summed E-state index contributed by atoms with van der Waals surface area (Å²) in [5.74, 6) is 0.740. The average Bonchev–Trinajstić information content (AvgIpc) is 2.88. The monoisotopic (exact) mass is 492 g/mol. The molecule has 190 valence electrons. The summed E-state index contributed by atoms with van der Waals surface area (Å²) in [6.45, 7) is 7.00. The Hall–Kier alpha value is -4.24. The van der Waals surface area contributed by atoms with Gasteiger partial charge in [-0.25, -0.2) is 4.79 Å². The highest BCUT2D eigenvalue weighted by Gasteiger charge is 2.19. The minimum absolute atomic E-state index is 0.0111. The zero-order valence-corrected chi connectivity index (χ0v) is 20.7. The molecule has 0 radical (unpaired) electrons. The van der Waals surface area contributed by atoms with Gasteiger partial charge in [-0.3, -0.25) is 4.79 Å². The number of anilines is 2. The lowest BCUT2D eigenvalue weighted by Gasteiger charge is -2.18. The van der Waals surface area contributed by atoms with Crippen LogP contribution in [0, 0.1) is 0 Å². The molecule has 0 aliphatic rings. The van der Waals surface area contributed by atoms with Crippen LogP contribution in [0.1, 0.15) is 24.2 Å². The Balaban J connectivity index is 1.60. The number of benzene rings is 3. The van der Waals surface area contributed by atoms with Crippen molar-refractivity contribution in [1.82, 2.24) is 10.2 Å². The predicted octanol–water partition coefficient (Wildman–Crippen LogP) is 4.91. The van der Waals surface area contributed by atoms with Crippen LogP contribution in [0.2, 0.25) is 0 Å². The average molecular weight is 493 g/mol. The number of carbonyl (C=O) groups excluding carboxylic acids is 2. The number of para-hydroxylation sites is 1. The molecule has 0 aromatic heterocycles. The maximum absolute atomic E-state index is 12.6. The number of likely N-dealkylation sites (N-methyl/N-ethyl adjacent to an activating group) is 1. The van der Waals surface area contributed by atoms with Gasteiger partial charge in [-0.2, -0.15) is 0 Å².